The van der Waals surface area contributed by atoms with Crippen molar-refractivity contribution in [2.75, 3.05) is 46.3 Å². The lowest BCUT2D eigenvalue weighted by molar-refractivity contribution is -0.146. The first-order chi connectivity index (χ1) is 16.3. The summed E-state index contributed by atoms with van der Waals surface area (Å²) in [6.45, 7) is 9.10. The minimum absolute atomic E-state index is 0.00876. The van der Waals surface area contributed by atoms with Gasteiger partial charge < -0.3 is 14.7 Å². The molecule has 5 rings (SSSR count). The molecule has 0 saturated carbocycles. The Balaban J connectivity index is 1.50. The van der Waals surface area contributed by atoms with Crippen LogP contribution in [0.4, 0.5) is 4.39 Å². The molecule has 2 saturated heterocycles. The molecule has 3 aliphatic heterocycles. The van der Waals surface area contributed by atoms with Gasteiger partial charge >= 0.3 is 0 Å². The van der Waals surface area contributed by atoms with Crippen molar-refractivity contribution in [3.8, 4) is 0 Å². The summed E-state index contributed by atoms with van der Waals surface area (Å²) in [6.07, 6.45) is 0. The molecule has 1 unspecified atom stereocenters. The Morgan fingerprint density at radius 1 is 1.03 bits per heavy atom. The highest BCUT2D eigenvalue weighted by Crippen LogP contribution is 2.48. The summed E-state index contributed by atoms with van der Waals surface area (Å²) in [5.41, 5.74) is 1.94. The average molecular weight is 465 g/mol. The molecule has 180 valence electrons. The van der Waals surface area contributed by atoms with E-state index in [1.165, 1.54) is 12.1 Å². The Labute approximate surface area is 200 Å². The van der Waals surface area contributed by atoms with Crippen LogP contribution in [0.5, 0.6) is 0 Å². The Bertz CT molecular complexity index is 1070. The molecule has 2 amide bonds. The second-order valence-corrected chi connectivity index (χ2v) is 10.3. The number of amides is 2. The molecular weight excluding hydrogens is 431 g/mol. The fraction of sp³-hybridized carbons (Fsp3) is 0.481. The maximum absolute atomic E-state index is 14.1. The zero-order valence-electron chi connectivity index (χ0n) is 20.2. The smallest absolute Gasteiger partial charge is 0.254 e. The van der Waals surface area contributed by atoms with E-state index >= 15 is 0 Å². The molecule has 2 aromatic carbocycles. The van der Waals surface area contributed by atoms with Crippen molar-refractivity contribution >= 4 is 11.8 Å². The number of carbonyl (C=O) groups is 2. The van der Waals surface area contributed by atoms with Crippen molar-refractivity contribution in [1.82, 2.24) is 19.6 Å². The second-order valence-electron chi connectivity index (χ2n) is 10.3. The SMILES string of the molecule is CC(C)N1C(=O)c2ccccc2C(C(=O)N2CCN(C)CC2)C12CN(Cc1ccc(F)cc1)C2. The number of likely N-dealkylation sites (tertiary alicyclic amines) is 1. The summed E-state index contributed by atoms with van der Waals surface area (Å²) in [6, 6.07) is 14.2. The molecular formula is C27H33FN4O2. The third kappa shape index (κ3) is 3.81. The highest BCUT2D eigenvalue weighted by atomic mass is 19.1. The lowest BCUT2D eigenvalue weighted by Gasteiger charge is -2.62. The van der Waals surface area contributed by atoms with Gasteiger partial charge in [-0.2, -0.15) is 0 Å². The predicted molar refractivity (Wildman–Crippen MR) is 129 cm³/mol. The van der Waals surface area contributed by atoms with Crippen LogP contribution in [0, 0.1) is 5.82 Å². The Morgan fingerprint density at radius 2 is 1.68 bits per heavy atom. The average Bonchev–Trinajstić information content (AvgIpc) is 2.79. The van der Waals surface area contributed by atoms with Crippen molar-refractivity contribution in [3.05, 3.63) is 71.0 Å². The summed E-state index contributed by atoms with van der Waals surface area (Å²) in [7, 11) is 2.08. The van der Waals surface area contributed by atoms with Crippen LogP contribution in [-0.4, -0.2) is 89.3 Å². The zero-order chi connectivity index (χ0) is 24.0. The van der Waals surface area contributed by atoms with Crippen LogP contribution in [0.15, 0.2) is 48.5 Å². The van der Waals surface area contributed by atoms with Gasteiger partial charge in [-0.15, -0.1) is 0 Å². The number of hydrogen-bond acceptors (Lipinski definition) is 4. The maximum atomic E-state index is 14.1. The van der Waals surface area contributed by atoms with Crippen LogP contribution < -0.4 is 0 Å². The van der Waals surface area contributed by atoms with E-state index in [1.807, 2.05) is 47.9 Å². The van der Waals surface area contributed by atoms with Gasteiger partial charge in [-0.05, 0) is 50.2 Å². The molecule has 0 radical (unpaired) electrons. The van der Waals surface area contributed by atoms with Gasteiger partial charge in [0.1, 0.15) is 5.82 Å². The summed E-state index contributed by atoms with van der Waals surface area (Å²) in [5.74, 6) is -0.506. The summed E-state index contributed by atoms with van der Waals surface area (Å²) >= 11 is 0. The van der Waals surface area contributed by atoms with Crippen molar-refractivity contribution < 1.29 is 14.0 Å². The maximum Gasteiger partial charge on any atom is 0.254 e. The molecule has 34 heavy (non-hydrogen) atoms. The summed E-state index contributed by atoms with van der Waals surface area (Å²) in [5, 5.41) is 0. The highest BCUT2D eigenvalue weighted by molar-refractivity contribution is 6.02. The van der Waals surface area contributed by atoms with Gasteiger partial charge in [-0.25, -0.2) is 4.39 Å². The van der Waals surface area contributed by atoms with E-state index in [0.717, 1.165) is 24.2 Å². The first-order valence-electron chi connectivity index (χ1n) is 12.2. The number of halogens is 1. The molecule has 1 atom stereocenters. The third-order valence-corrected chi connectivity index (χ3v) is 7.63. The number of benzene rings is 2. The van der Waals surface area contributed by atoms with Crippen LogP contribution in [-0.2, 0) is 11.3 Å². The van der Waals surface area contributed by atoms with Gasteiger partial charge in [0.25, 0.3) is 5.91 Å². The van der Waals surface area contributed by atoms with E-state index in [1.54, 1.807) is 12.1 Å². The first-order valence-corrected chi connectivity index (χ1v) is 12.2. The molecule has 1 spiro atoms. The van der Waals surface area contributed by atoms with Gasteiger partial charge in [-0.1, -0.05) is 30.3 Å². The fourth-order valence-corrected chi connectivity index (χ4v) is 6.05. The first kappa shape index (κ1) is 23.0. The lowest BCUT2D eigenvalue weighted by Crippen LogP contribution is -2.77. The van der Waals surface area contributed by atoms with E-state index in [9.17, 15) is 14.0 Å². The zero-order valence-corrected chi connectivity index (χ0v) is 20.2. The molecule has 6 nitrogen and oxygen atoms in total. The van der Waals surface area contributed by atoms with Crippen LogP contribution in [0.3, 0.4) is 0 Å². The summed E-state index contributed by atoms with van der Waals surface area (Å²) in [4.78, 5) is 36.3. The molecule has 3 aliphatic rings. The molecule has 7 heteroatoms. The molecule has 2 aromatic rings. The Kier molecular flexibility index (Phi) is 5.94. The minimum atomic E-state index is -0.583. The minimum Gasteiger partial charge on any atom is -0.340 e. The van der Waals surface area contributed by atoms with E-state index in [2.05, 4.69) is 16.8 Å². The summed E-state index contributed by atoms with van der Waals surface area (Å²) < 4.78 is 13.4. The number of nitrogens with zero attached hydrogens (tertiary/aromatic N) is 4. The van der Waals surface area contributed by atoms with Crippen molar-refractivity contribution in [1.29, 1.82) is 0 Å². The second kappa shape index (κ2) is 8.78. The fourth-order valence-electron chi connectivity index (χ4n) is 6.05. The Hall–Kier alpha value is -2.77. The number of piperazine rings is 1. The van der Waals surface area contributed by atoms with Crippen molar-refractivity contribution in [2.45, 2.75) is 37.9 Å². The molecule has 3 heterocycles. The van der Waals surface area contributed by atoms with Crippen LogP contribution in [0.25, 0.3) is 0 Å². The quantitative estimate of drug-likeness (QED) is 0.698. The van der Waals surface area contributed by atoms with Gasteiger partial charge in [-0.3, -0.25) is 14.5 Å². The topological polar surface area (TPSA) is 47.1 Å². The number of fused-ring (bicyclic) bond motifs is 1. The predicted octanol–water partition coefficient (Wildman–Crippen LogP) is 2.80. The van der Waals surface area contributed by atoms with E-state index in [-0.39, 0.29) is 23.7 Å². The van der Waals surface area contributed by atoms with E-state index in [0.29, 0.717) is 38.3 Å². The number of rotatable bonds is 4. The van der Waals surface area contributed by atoms with E-state index < -0.39 is 11.5 Å². The largest absolute Gasteiger partial charge is 0.340 e. The molecule has 0 bridgehead atoms. The van der Waals surface area contributed by atoms with Gasteiger partial charge in [0.15, 0.2) is 0 Å². The van der Waals surface area contributed by atoms with Crippen molar-refractivity contribution in [3.63, 3.8) is 0 Å². The molecule has 0 aliphatic carbocycles. The lowest BCUT2D eigenvalue weighted by atomic mass is 9.67. The van der Waals surface area contributed by atoms with Gasteiger partial charge in [0.2, 0.25) is 5.91 Å². The van der Waals surface area contributed by atoms with Crippen LogP contribution >= 0.6 is 0 Å². The third-order valence-electron chi connectivity index (χ3n) is 7.63. The van der Waals surface area contributed by atoms with Gasteiger partial charge in [0.05, 0.1) is 11.5 Å². The monoisotopic (exact) mass is 464 g/mol. The number of carbonyl (C=O) groups excluding carboxylic acids is 2. The van der Waals surface area contributed by atoms with Crippen molar-refractivity contribution in [2.24, 2.45) is 0 Å². The number of likely N-dealkylation sites (N-methyl/N-ethyl adjacent to an activating group) is 1. The van der Waals surface area contributed by atoms with Gasteiger partial charge in [0, 0.05) is 57.4 Å². The standard InChI is InChI=1S/C27H33FN4O2/c1-19(2)32-25(33)23-7-5-4-6-22(23)24(26(34)31-14-12-29(3)13-15-31)27(32)17-30(18-27)16-20-8-10-21(28)11-9-20/h4-11,19,24H,12-18H2,1-3H3. The van der Waals surface area contributed by atoms with Crippen LogP contribution in [0.2, 0.25) is 0 Å². The molecule has 2 fully saturated rings. The van der Waals surface area contributed by atoms with Crippen LogP contribution in [0.1, 0.15) is 41.3 Å². The normalized spacial score (nSPS) is 22.7. The molecule has 0 N–H and O–H groups in total. The number of hydrogen-bond donors (Lipinski definition) is 0. The highest BCUT2D eigenvalue weighted by Gasteiger charge is 2.61. The molecule has 0 aromatic heterocycles. The van der Waals surface area contributed by atoms with E-state index in [4.69, 9.17) is 0 Å². The Morgan fingerprint density at radius 3 is 2.32 bits per heavy atom.